The lowest BCUT2D eigenvalue weighted by Gasteiger charge is -2.58. The largest absolute Gasteiger partial charge is 0.467 e. The first-order valence-electron chi connectivity index (χ1n) is 10.5. The van der Waals surface area contributed by atoms with Crippen LogP contribution in [0.25, 0.3) is 0 Å². The zero-order valence-electron chi connectivity index (χ0n) is 17.7. The molecule has 3 fully saturated rings. The fourth-order valence-electron chi connectivity index (χ4n) is 6.05. The highest BCUT2D eigenvalue weighted by atomic mass is 16.6. The molecule has 164 valence electrons. The molecule has 0 aromatic carbocycles. The molecule has 2 saturated carbocycles. The number of ether oxygens (including phenoxy) is 3. The lowest BCUT2D eigenvalue weighted by atomic mass is 9.47. The van der Waals surface area contributed by atoms with Crippen molar-refractivity contribution in [3.8, 4) is 0 Å². The van der Waals surface area contributed by atoms with Gasteiger partial charge >= 0.3 is 11.9 Å². The summed E-state index contributed by atoms with van der Waals surface area (Å²) < 4.78 is 15.6. The lowest BCUT2D eigenvalue weighted by Crippen LogP contribution is -2.55. The van der Waals surface area contributed by atoms with Crippen LogP contribution >= 0.6 is 0 Å². The van der Waals surface area contributed by atoms with E-state index in [1.165, 1.54) is 7.11 Å². The first kappa shape index (κ1) is 22.2. The number of aliphatic hydroxyl groups is 2. The molecule has 3 unspecified atom stereocenters. The minimum Gasteiger partial charge on any atom is -0.467 e. The summed E-state index contributed by atoms with van der Waals surface area (Å²) in [7, 11) is 1.20. The van der Waals surface area contributed by atoms with Crippen LogP contribution in [-0.4, -0.2) is 60.8 Å². The van der Waals surface area contributed by atoms with Gasteiger partial charge in [-0.3, -0.25) is 0 Å². The van der Waals surface area contributed by atoms with Gasteiger partial charge in [0.2, 0.25) is 5.60 Å². The third kappa shape index (κ3) is 3.62. The van der Waals surface area contributed by atoms with Crippen LogP contribution in [0, 0.1) is 22.7 Å². The zero-order valence-corrected chi connectivity index (χ0v) is 17.7. The molecule has 0 aromatic heterocycles. The van der Waals surface area contributed by atoms with Crippen molar-refractivity contribution in [3.05, 3.63) is 12.2 Å². The number of fused-ring (bicyclic) bond motifs is 1. The maximum absolute atomic E-state index is 12.3. The van der Waals surface area contributed by atoms with Crippen LogP contribution in [0.5, 0.6) is 0 Å². The van der Waals surface area contributed by atoms with Gasteiger partial charge in [0, 0.05) is 18.9 Å². The van der Waals surface area contributed by atoms with E-state index in [2.05, 4.69) is 20.4 Å². The Morgan fingerprint density at radius 2 is 2.07 bits per heavy atom. The molecular formula is C22H34O7. The van der Waals surface area contributed by atoms with E-state index in [0.717, 1.165) is 37.7 Å². The van der Waals surface area contributed by atoms with E-state index in [1.54, 1.807) is 0 Å². The van der Waals surface area contributed by atoms with Crippen molar-refractivity contribution in [2.75, 3.05) is 26.9 Å². The molecule has 7 heteroatoms. The van der Waals surface area contributed by atoms with Gasteiger partial charge < -0.3 is 24.4 Å². The minimum absolute atomic E-state index is 0.0142. The number of aliphatic hydroxyl groups excluding tert-OH is 1. The highest BCUT2D eigenvalue weighted by molar-refractivity contribution is 5.90. The Kier molecular flexibility index (Phi) is 6.14. The molecule has 3 aliphatic rings. The van der Waals surface area contributed by atoms with Crippen molar-refractivity contribution in [3.63, 3.8) is 0 Å². The number of esters is 2. The number of hydrogen-bond donors (Lipinski definition) is 2. The second-order valence-electron chi connectivity index (χ2n) is 9.52. The van der Waals surface area contributed by atoms with Crippen molar-refractivity contribution in [1.29, 1.82) is 0 Å². The van der Waals surface area contributed by atoms with E-state index in [1.807, 2.05) is 0 Å². The first-order chi connectivity index (χ1) is 13.6. The quantitative estimate of drug-likeness (QED) is 0.510. The van der Waals surface area contributed by atoms with Gasteiger partial charge in [-0.05, 0) is 42.4 Å². The highest BCUT2D eigenvalue weighted by Crippen LogP contribution is 2.60. The van der Waals surface area contributed by atoms with Crippen molar-refractivity contribution in [2.45, 2.75) is 64.1 Å². The van der Waals surface area contributed by atoms with Crippen LogP contribution in [0.2, 0.25) is 0 Å². The molecular weight excluding hydrogens is 376 g/mol. The third-order valence-corrected chi connectivity index (χ3v) is 7.85. The summed E-state index contributed by atoms with van der Waals surface area (Å²) in [6, 6.07) is 0. The molecule has 1 saturated heterocycles. The fraction of sp³-hybridized carbons (Fsp3) is 0.818. The fourth-order valence-corrected chi connectivity index (χ4v) is 6.05. The summed E-state index contributed by atoms with van der Waals surface area (Å²) in [4.78, 5) is 24.4. The maximum Gasteiger partial charge on any atom is 0.341 e. The molecule has 0 aromatic rings. The topological polar surface area (TPSA) is 102 Å². The second kappa shape index (κ2) is 8.00. The predicted molar refractivity (Wildman–Crippen MR) is 105 cm³/mol. The number of cyclic esters (lactones) is 1. The van der Waals surface area contributed by atoms with Crippen LogP contribution in [0.15, 0.2) is 12.2 Å². The summed E-state index contributed by atoms with van der Waals surface area (Å²) in [5.41, 5.74) is -1.27. The SMILES string of the molecule is C=C1CCC2[C@](C)(CO)CCC[C@]2(C)[C@H]1COC(C(=O)OC)C1(O)CCOC1=O. The Labute approximate surface area is 172 Å². The molecule has 1 aliphatic heterocycles. The third-order valence-electron chi connectivity index (χ3n) is 7.85. The van der Waals surface area contributed by atoms with E-state index >= 15 is 0 Å². The monoisotopic (exact) mass is 410 g/mol. The Morgan fingerprint density at radius 1 is 1.34 bits per heavy atom. The van der Waals surface area contributed by atoms with E-state index in [9.17, 15) is 19.8 Å². The molecule has 7 nitrogen and oxygen atoms in total. The zero-order chi connectivity index (χ0) is 21.4. The van der Waals surface area contributed by atoms with Crippen LogP contribution in [-0.2, 0) is 23.8 Å². The number of carbonyl (C=O) groups excluding carboxylic acids is 2. The smallest absolute Gasteiger partial charge is 0.341 e. The summed E-state index contributed by atoms with van der Waals surface area (Å²) in [6.07, 6.45) is 3.32. The van der Waals surface area contributed by atoms with Gasteiger partial charge in [0.05, 0.1) is 20.3 Å². The van der Waals surface area contributed by atoms with E-state index in [-0.39, 0.29) is 43.0 Å². The molecule has 0 spiro atoms. The standard InChI is InChI=1S/C22H34O7/c1-14-6-7-16-20(2,13-23)8-5-9-21(16,3)15(14)12-29-17(18(24)27-4)22(26)10-11-28-19(22)25/h15-17,23,26H,1,5-13H2,2-4H3/t15-,16?,17?,20-,21+,22?/m0/s1. The van der Waals surface area contributed by atoms with Crippen molar-refractivity contribution >= 4 is 11.9 Å². The minimum atomic E-state index is -2.03. The average molecular weight is 411 g/mol. The summed E-state index contributed by atoms with van der Waals surface area (Å²) >= 11 is 0. The van der Waals surface area contributed by atoms with Gasteiger partial charge in [-0.2, -0.15) is 0 Å². The van der Waals surface area contributed by atoms with Crippen molar-refractivity contribution < 1.29 is 34.0 Å². The van der Waals surface area contributed by atoms with Crippen LogP contribution in [0.3, 0.4) is 0 Å². The van der Waals surface area contributed by atoms with Gasteiger partial charge in [0.25, 0.3) is 0 Å². The van der Waals surface area contributed by atoms with Gasteiger partial charge in [-0.15, -0.1) is 0 Å². The van der Waals surface area contributed by atoms with Gasteiger partial charge in [0.1, 0.15) is 0 Å². The summed E-state index contributed by atoms with van der Waals surface area (Å²) in [6.45, 7) is 8.97. The number of carbonyl (C=O) groups is 2. The number of hydrogen-bond acceptors (Lipinski definition) is 7. The molecule has 3 rings (SSSR count). The molecule has 0 radical (unpaired) electrons. The molecule has 1 heterocycles. The molecule has 2 N–H and O–H groups in total. The molecule has 0 bridgehead atoms. The van der Waals surface area contributed by atoms with E-state index < -0.39 is 23.6 Å². The Bertz CT molecular complexity index is 676. The van der Waals surface area contributed by atoms with Gasteiger partial charge in [0.15, 0.2) is 6.10 Å². The Balaban J connectivity index is 1.84. The van der Waals surface area contributed by atoms with Gasteiger partial charge in [-0.1, -0.05) is 32.4 Å². The normalized spacial score (nSPS) is 40.9. The maximum atomic E-state index is 12.3. The molecule has 0 amide bonds. The number of methoxy groups -OCH3 is 1. The summed E-state index contributed by atoms with van der Waals surface area (Å²) in [5.74, 6) is -1.38. The average Bonchev–Trinajstić information content (AvgIpc) is 3.02. The van der Waals surface area contributed by atoms with Gasteiger partial charge in [-0.25, -0.2) is 9.59 Å². The molecule has 29 heavy (non-hydrogen) atoms. The van der Waals surface area contributed by atoms with Crippen LogP contribution in [0.1, 0.15) is 52.4 Å². The second-order valence-corrected chi connectivity index (χ2v) is 9.52. The Morgan fingerprint density at radius 3 is 2.66 bits per heavy atom. The van der Waals surface area contributed by atoms with Crippen LogP contribution < -0.4 is 0 Å². The first-order valence-corrected chi connectivity index (χ1v) is 10.5. The number of rotatable bonds is 6. The van der Waals surface area contributed by atoms with E-state index in [4.69, 9.17) is 14.2 Å². The van der Waals surface area contributed by atoms with Crippen molar-refractivity contribution in [2.24, 2.45) is 22.7 Å². The predicted octanol–water partition coefficient (Wildman–Crippen LogP) is 1.99. The summed E-state index contributed by atoms with van der Waals surface area (Å²) in [5, 5.41) is 20.9. The van der Waals surface area contributed by atoms with Crippen molar-refractivity contribution in [1.82, 2.24) is 0 Å². The lowest BCUT2D eigenvalue weighted by molar-refractivity contribution is -0.189. The van der Waals surface area contributed by atoms with Crippen LogP contribution in [0.4, 0.5) is 0 Å². The highest BCUT2D eigenvalue weighted by Gasteiger charge is 2.57. The molecule has 2 aliphatic carbocycles. The van der Waals surface area contributed by atoms with E-state index in [0.29, 0.717) is 5.92 Å². The molecule has 6 atom stereocenters. The Hall–Kier alpha value is -1.44.